The molecule has 6 heteroatoms. The monoisotopic (exact) mass is 360 g/mol. The minimum absolute atomic E-state index is 0.0726. The summed E-state index contributed by atoms with van der Waals surface area (Å²) in [6, 6.07) is 6.48. The maximum atomic E-state index is 12.8. The van der Waals surface area contributed by atoms with Crippen molar-refractivity contribution in [2.45, 2.75) is 51.5 Å². The van der Waals surface area contributed by atoms with Crippen LogP contribution in [0, 0.1) is 0 Å². The van der Waals surface area contributed by atoms with Gasteiger partial charge in [-0.2, -0.15) is 0 Å². The van der Waals surface area contributed by atoms with E-state index in [4.69, 9.17) is 0 Å². The SMILES string of the molecule is CCN(CC)C(=O)c1ccc(C(=O)N(C)C2(C(=O)O)CCCCC2)cc1. The average Bonchev–Trinajstić information content (AvgIpc) is 2.68. The number of carboxylic acid groups (broad SMARTS) is 1. The molecule has 0 unspecified atom stereocenters. The Morgan fingerprint density at radius 3 is 1.81 bits per heavy atom. The lowest BCUT2D eigenvalue weighted by atomic mass is 9.80. The third-order valence-corrected chi connectivity index (χ3v) is 5.45. The topological polar surface area (TPSA) is 77.9 Å². The summed E-state index contributed by atoms with van der Waals surface area (Å²) in [4.78, 5) is 40.2. The second-order valence-corrected chi connectivity index (χ2v) is 6.82. The van der Waals surface area contributed by atoms with Gasteiger partial charge in [0.25, 0.3) is 11.8 Å². The maximum Gasteiger partial charge on any atom is 0.329 e. The number of hydrogen-bond donors (Lipinski definition) is 1. The molecule has 0 radical (unpaired) electrons. The van der Waals surface area contributed by atoms with E-state index < -0.39 is 11.5 Å². The number of hydrogen-bond acceptors (Lipinski definition) is 3. The van der Waals surface area contributed by atoms with E-state index in [0.717, 1.165) is 19.3 Å². The Morgan fingerprint density at radius 1 is 0.923 bits per heavy atom. The van der Waals surface area contributed by atoms with Crippen molar-refractivity contribution in [1.29, 1.82) is 0 Å². The molecule has 1 aromatic carbocycles. The zero-order chi connectivity index (χ0) is 19.3. The number of rotatable bonds is 6. The molecule has 2 amide bonds. The van der Waals surface area contributed by atoms with Crippen molar-refractivity contribution in [3.05, 3.63) is 35.4 Å². The molecule has 0 aliphatic heterocycles. The van der Waals surface area contributed by atoms with E-state index in [1.807, 2.05) is 13.8 Å². The highest BCUT2D eigenvalue weighted by Crippen LogP contribution is 2.34. The second-order valence-electron chi connectivity index (χ2n) is 6.82. The van der Waals surface area contributed by atoms with Gasteiger partial charge in [0.1, 0.15) is 5.54 Å². The zero-order valence-electron chi connectivity index (χ0n) is 15.8. The lowest BCUT2D eigenvalue weighted by molar-refractivity contribution is -0.151. The lowest BCUT2D eigenvalue weighted by Crippen LogP contribution is -2.56. The fraction of sp³-hybridized carbons (Fsp3) is 0.550. The van der Waals surface area contributed by atoms with Crippen molar-refractivity contribution in [3.63, 3.8) is 0 Å². The summed E-state index contributed by atoms with van der Waals surface area (Å²) in [6.45, 7) is 5.09. The maximum absolute atomic E-state index is 12.8. The Labute approximate surface area is 154 Å². The van der Waals surface area contributed by atoms with Crippen molar-refractivity contribution in [1.82, 2.24) is 9.80 Å². The highest BCUT2D eigenvalue weighted by atomic mass is 16.4. The largest absolute Gasteiger partial charge is 0.479 e. The lowest BCUT2D eigenvalue weighted by Gasteiger charge is -2.41. The van der Waals surface area contributed by atoms with E-state index in [9.17, 15) is 19.5 Å². The van der Waals surface area contributed by atoms with Gasteiger partial charge in [-0.1, -0.05) is 19.3 Å². The standard InChI is InChI=1S/C20H28N2O4/c1-4-22(5-2)18(24)16-11-9-15(10-12-16)17(23)21(3)20(19(25)26)13-7-6-8-14-20/h9-12H,4-8,13-14H2,1-3H3,(H,25,26). The molecule has 0 spiro atoms. The first-order chi connectivity index (χ1) is 12.4. The van der Waals surface area contributed by atoms with Gasteiger partial charge in [0.05, 0.1) is 0 Å². The molecule has 1 aliphatic rings. The fourth-order valence-electron chi connectivity index (χ4n) is 3.67. The molecule has 26 heavy (non-hydrogen) atoms. The summed E-state index contributed by atoms with van der Waals surface area (Å²) in [5, 5.41) is 9.74. The van der Waals surface area contributed by atoms with Crippen molar-refractivity contribution in [3.8, 4) is 0 Å². The van der Waals surface area contributed by atoms with Gasteiger partial charge in [-0.3, -0.25) is 9.59 Å². The molecular weight excluding hydrogens is 332 g/mol. The molecular formula is C20H28N2O4. The first kappa shape index (κ1) is 19.9. The van der Waals surface area contributed by atoms with Gasteiger partial charge < -0.3 is 14.9 Å². The molecule has 0 aromatic heterocycles. The number of aliphatic carboxylic acids is 1. The van der Waals surface area contributed by atoms with Crippen molar-refractivity contribution in [2.75, 3.05) is 20.1 Å². The fourth-order valence-corrected chi connectivity index (χ4v) is 3.67. The summed E-state index contributed by atoms with van der Waals surface area (Å²) in [7, 11) is 1.57. The highest BCUT2D eigenvalue weighted by molar-refractivity contribution is 5.99. The number of carbonyl (C=O) groups is 3. The number of nitrogens with zero attached hydrogens (tertiary/aromatic N) is 2. The van der Waals surface area contributed by atoms with Crippen molar-refractivity contribution < 1.29 is 19.5 Å². The zero-order valence-corrected chi connectivity index (χ0v) is 15.8. The van der Waals surface area contributed by atoms with E-state index in [1.54, 1.807) is 36.2 Å². The summed E-state index contributed by atoms with van der Waals surface area (Å²) in [5.41, 5.74) is -0.210. The predicted octanol–water partition coefficient (Wildman–Crippen LogP) is 3.03. The van der Waals surface area contributed by atoms with Crippen LogP contribution in [-0.2, 0) is 4.79 Å². The number of carboxylic acids is 1. The van der Waals surface area contributed by atoms with Gasteiger partial charge in [-0.25, -0.2) is 4.79 Å². The highest BCUT2D eigenvalue weighted by Gasteiger charge is 2.45. The van der Waals surface area contributed by atoms with Gasteiger partial charge in [0.2, 0.25) is 0 Å². The van der Waals surface area contributed by atoms with Crippen LogP contribution in [0.2, 0.25) is 0 Å². The summed E-state index contributed by atoms with van der Waals surface area (Å²) < 4.78 is 0. The van der Waals surface area contributed by atoms with Crippen LogP contribution < -0.4 is 0 Å². The minimum atomic E-state index is -1.13. The first-order valence-electron chi connectivity index (χ1n) is 9.28. The Hall–Kier alpha value is -2.37. The van der Waals surface area contributed by atoms with Crippen LogP contribution in [-0.4, -0.2) is 58.4 Å². The van der Waals surface area contributed by atoms with Crippen LogP contribution >= 0.6 is 0 Å². The van der Waals surface area contributed by atoms with E-state index >= 15 is 0 Å². The van der Waals surface area contributed by atoms with Crippen molar-refractivity contribution >= 4 is 17.8 Å². The second kappa shape index (κ2) is 8.34. The molecule has 1 N–H and O–H groups in total. The smallest absolute Gasteiger partial charge is 0.329 e. The number of carbonyl (C=O) groups excluding carboxylic acids is 2. The quantitative estimate of drug-likeness (QED) is 0.846. The van der Waals surface area contributed by atoms with Crippen molar-refractivity contribution in [2.24, 2.45) is 0 Å². The molecule has 0 heterocycles. The molecule has 1 aliphatic carbocycles. The van der Waals surface area contributed by atoms with Crippen LogP contribution in [0.5, 0.6) is 0 Å². The van der Waals surface area contributed by atoms with Crippen LogP contribution in [0.25, 0.3) is 0 Å². The van der Waals surface area contributed by atoms with Crippen LogP contribution in [0.15, 0.2) is 24.3 Å². The molecule has 1 aromatic rings. The van der Waals surface area contributed by atoms with Crippen LogP contribution in [0.1, 0.15) is 66.7 Å². The van der Waals surface area contributed by atoms with Gasteiger partial charge >= 0.3 is 5.97 Å². The summed E-state index contributed by atoms with van der Waals surface area (Å²) in [6.07, 6.45) is 3.56. The van der Waals surface area contributed by atoms with Crippen LogP contribution in [0.4, 0.5) is 0 Å². The Kier molecular flexibility index (Phi) is 6.40. The third kappa shape index (κ3) is 3.74. The molecule has 0 atom stereocenters. The molecule has 0 bridgehead atoms. The van der Waals surface area contributed by atoms with Crippen LogP contribution in [0.3, 0.4) is 0 Å². The number of benzene rings is 1. The summed E-state index contributed by atoms with van der Waals surface area (Å²) in [5.74, 6) is -1.34. The first-order valence-corrected chi connectivity index (χ1v) is 9.28. The molecule has 6 nitrogen and oxygen atoms in total. The molecule has 1 fully saturated rings. The minimum Gasteiger partial charge on any atom is -0.479 e. The Morgan fingerprint density at radius 2 is 1.38 bits per heavy atom. The number of amides is 2. The normalized spacial score (nSPS) is 16.0. The van der Waals surface area contributed by atoms with Gasteiger partial charge in [-0.05, 0) is 51.0 Å². The molecule has 2 rings (SSSR count). The van der Waals surface area contributed by atoms with Gasteiger partial charge in [0, 0.05) is 31.3 Å². The Bertz CT molecular complexity index is 659. The van der Waals surface area contributed by atoms with Gasteiger partial charge in [-0.15, -0.1) is 0 Å². The molecule has 142 valence electrons. The predicted molar refractivity (Wildman–Crippen MR) is 99.2 cm³/mol. The van der Waals surface area contributed by atoms with E-state index in [2.05, 4.69) is 0 Å². The summed E-state index contributed by atoms with van der Waals surface area (Å²) >= 11 is 0. The molecule has 1 saturated carbocycles. The third-order valence-electron chi connectivity index (χ3n) is 5.45. The molecule has 0 saturated heterocycles. The average molecular weight is 360 g/mol. The van der Waals surface area contributed by atoms with E-state index in [0.29, 0.717) is 37.1 Å². The number of likely N-dealkylation sites (N-methyl/N-ethyl adjacent to an activating group) is 1. The van der Waals surface area contributed by atoms with Gasteiger partial charge in [0.15, 0.2) is 0 Å². The van der Waals surface area contributed by atoms with E-state index in [1.165, 1.54) is 4.90 Å². The van der Waals surface area contributed by atoms with E-state index in [-0.39, 0.29) is 11.8 Å². The Balaban J connectivity index is 2.21.